The van der Waals surface area contributed by atoms with E-state index in [1.807, 2.05) is 12.1 Å². The Morgan fingerprint density at radius 3 is 2.36 bits per heavy atom. The van der Waals surface area contributed by atoms with Crippen molar-refractivity contribution in [2.75, 3.05) is 5.32 Å². The second-order valence-corrected chi connectivity index (χ2v) is 7.74. The highest BCUT2D eigenvalue weighted by molar-refractivity contribution is 6.37. The molecule has 2 N–H and O–H groups in total. The topological polar surface area (TPSA) is 58.6 Å². The maximum Gasteiger partial charge on any atom is 0.338 e. The summed E-state index contributed by atoms with van der Waals surface area (Å²) in [6.07, 6.45) is -1.38. The van der Waals surface area contributed by atoms with Crippen molar-refractivity contribution in [2.24, 2.45) is 0 Å². The molecule has 0 aliphatic heterocycles. The molecule has 8 heteroatoms. The van der Waals surface area contributed by atoms with Crippen molar-refractivity contribution in [1.82, 2.24) is 0 Å². The third kappa shape index (κ3) is 6.43. The van der Waals surface area contributed by atoms with Crippen molar-refractivity contribution >= 4 is 46.5 Å². The summed E-state index contributed by atoms with van der Waals surface area (Å²) in [5, 5.41) is 13.0. The molecule has 0 aliphatic carbocycles. The standard InChI is InChI=1S/C20H21Cl3FNO3/c1-3-11(2)25-15-5-13(4-14(21)9-15)10-28-19-16(22)6-12(7-17(19)23)8-18(24)20(26)27/h4-7,9,11,18,25H,3,8,10H2,1-2H3,(H,26,27). The summed E-state index contributed by atoms with van der Waals surface area (Å²) in [4.78, 5) is 10.7. The van der Waals surface area contributed by atoms with Gasteiger partial charge in [0.15, 0.2) is 5.75 Å². The smallest absolute Gasteiger partial charge is 0.338 e. The highest BCUT2D eigenvalue weighted by Crippen LogP contribution is 2.35. The predicted octanol–water partition coefficient (Wildman–Crippen LogP) is 6.40. The van der Waals surface area contributed by atoms with Crippen molar-refractivity contribution in [3.8, 4) is 5.75 Å². The van der Waals surface area contributed by atoms with Gasteiger partial charge in [0.1, 0.15) is 6.61 Å². The van der Waals surface area contributed by atoms with E-state index in [9.17, 15) is 9.18 Å². The number of carboxylic acids is 1. The fourth-order valence-electron chi connectivity index (χ4n) is 2.52. The summed E-state index contributed by atoms with van der Waals surface area (Å²) in [6.45, 7) is 4.33. The molecule has 0 radical (unpaired) electrons. The lowest BCUT2D eigenvalue weighted by Crippen LogP contribution is -2.17. The first kappa shape index (κ1) is 22.6. The van der Waals surface area contributed by atoms with Crippen LogP contribution in [0, 0.1) is 0 Å². The molecule has 28 heavy (non-hydrogen) atoms. The van der Waals surface area contributed by atoms with Gasteiger partial charge in [-0.3, -0.25) is 0 Å². The zero-order valence-electron chi connectivity index (χ0n) is 15.4. The molecule has 0 amide bonds. The monoisotopic (exact) mass is 447 g/mol. The fraction of sp³-hybridized carbons (Fsp3) is 0.350. The van der Waals surface area contributed by atoms with E-state index in [-0.39, 0.29) is 28.8 Å². The van der Waals surface area contributed by atoms with Crippen molar-refractivity contribution in [3.05, 3.63) is 56.5 Å². The minimum Gasteiger partial charge on any atom is -0.486 e. The maximum absolute atomic E-state index is 13.4. The number of carboxylic acid groups (broad SMARTS) is 1. The molecule has 0 saturated carbocycles. The first-order chi connectivity index (χ1) is 13.2. The summed E-state index contributed by atoms with van der Waals surface area (Å²) in [5.41, 5.74) is 2.08. The van der Waals surface area contributed by atoms with Gasteiger partial charge in [0, 0.05) is 23.2 Å². The van der Waals surface area contributed by atoms with Crippen LogP contribution in [0.3, 0.4) is 0 Å². The van der Waals surface area contributed by atoms with E-state index in [1.54, 1.807) is 6.07 Å². The van der Waals surface area contributed by atoms with Crippen LogP contribution in [0.2, 0.25) is 15.1 Å². The van der Waals surface area contributed by atoms with Gasteiger partial charge >= 0.3 is 5.97 Å². The molecule has 0 aromatic heterocycles. The van der Waals surface area contributed by atoms with Crippen LogP contribution >= 0.6 is 34.8 Å². The van der Waals surface area contributed by atoms with Gasteiger partial charge in [-0.15, -0.1) is 0 Å². The number of carbonyl (C=O) groups is 1. The number of nitrogens with one attached hydrogen (secondary N) is 1. The van der Waals surface area contributed by atoms with Crippen LogP contribution in [0.4, 0.5) is 10.1 Å². The number of halogens is 4. The maximum atomic E-state index is 13.4. The third-order valence-electron chi connectivity index (χ3n) is 4.11. The molecule has 0 saturated heterocycles. The van der Waals surface area contributed by atoms with Gasteiger partial charge < -0.3 is 15.2 Å². The molecule has 0 fully saturated rings. The molecule has 152 valence electrons. The highest BCUT2D eigenvalue weighted by atomic mass is 35.5. The van der Waals surface area contributed by atoms with E-state index >= 15 is 0 Å². The lowest BCUT2D eigenvalue weighted by molar-refractivity contribution is -0.142. The molecule has 0 heterocycles. The number of alkyl halides is 1. The highest BCUT2D eigenvalue weighted by Gasteiger charge is 2.18. The molecule has 2 aromatic rings. The van der Waals surface area contributed by atoms with Crippen LogP contribution in [-0.4, -0.2) is 23.3 Å². The summed E-state index contributed by atoms with van der Waals surface area (Å²) < 4.78 is 19.1. The number of rotatable bonds is 9. The van der Waals surface area contributed by atoms with Crippen LogP contribution in [0.15, 0.2) is 30.3 Å². The number of ether oxygens (including phenoxy) is 1. The molecule has 0 spiro atoms. The van der Waals surface area contributed by atoms with E-state index in [0.717, 1.165) is 17.7 Å². The first-order valence-corrected chi connectivity index (χ1v) is 9.86. The summed E-state index contributed by atoms with van der Waals surface area (Å²) in [7, 11) is 0. The molecule has 4 nitrogen and oxygen atoms in total. The Balaban J connectivity index is 2.13. The largest absolute Gasteiger partial charge is 0.486 e. The van der Waals surface area contributed by atoms with E-state index in [1.165, 1.54) is 12.1 Å². The molecule has 2 rings (SSSR count). The number of hydrogen-bond donors (Lipinski definition) is 2. The number of benzene rings is 2. The van der Waals surface area contributed by atoms with Crippen LogP contribution < -0.4 is 10.1 Å². The minimum absolute atomic E-state index is 0.176. The zero-order chi connectivity index (χ0) is 20.8. The Kier molecular flexibility index (Phi) is 8.23. The van der Waals surface area contributed by atoms with E-state index < -0.39 is 12.1 Å². The minimum atomic E-state index is -2.03. The third-order valence-corrected chi connectivity index (χ3v) is 4.89. The first-order valence-electron chi connectivity index (χ1n) is 8.73. The van der Waals surface area contributed by atoms with Gasteiger partial charge in [-0.25, -0.2) is 9.18 Å². The Morgan fingerprint density at radius 1 is 1.14 bits per heavy atom. The van der Waals surface area contributed by atoms with Gasteiger partial charge in [-0.2, -0.15) is 0 Å². The Labute approximate surface area is 178 Å². The molecule has 0 aliphatic rings. The molecular weight excluding hydrogens is 428 g/mol. The lowest BCUT2D eigenvalue weighted by Gasteiger charge is -2.16. The Bertz CT molecular complexity index is 824. The molecule has 2 aromatic carbocycles. The Hall–Kier alpha value is -1.69. The summed E-state index contributed by atoms with van der Waals surface area (Å²) in [5.74, 6) is -1.29. The molecule has 0 bridgehead atoms. The van der Waals surface area contributed by atoms with E-state index in [4.69, 9.17) is 44.6 Å². The van der Waals surface area contributed by atoms with Gasteiger partial charge in [0.25, 0.3) is 0 Å². The lowest BCUT2D eigenvalue weighted by atomic mass is 10.1. The van der Waals surface area contributed by atoms with Crippen LogP contribution in [-0.2, 0) is 17.8 Å². The Morgan fingerprint density at radius 2 is 1.79 bits per heavy atom. The van der Waals surface area contributed by atoms with Crippen molar-refractivity contribution in [1.29, 1.82) is 0 Å². The normalized spacial score (nSPS) is 13.1. The van der Waals surface area contributed by atoms with Crippen LogP contribution in [0.25, 0.3) is 0 Å². The van der Waals surface area contributed by atoms with Gasteiger partial charge in [0.05, 0.1) is 10.0 Å². The van der Waals surface area contributed by atoms with Crippen LogP contribution in [0.1, 0.15) is 31.4 Å². The van der Waals surface area contributed by atoms with Gasteiger partial charge in [0.2, 0.25) is 6.17 Å². The molecular formula is C20H21Cl3FNO3. The van der Waals surface area contributed by atoms with Crippen molar-refractivity contribution < 1.29 is 19.0 Å². The number of anilines is 1. The fourth-order valence-corrected chi connectivity index (χ4v) is 3.42. The average Bonchev–Trinajstić information content (AvgIpc) is 2.60. The number of aliphatic carboxylic acids is 1. The second kappa shape index (κ2) is 10.2. The zero-order valence-corrected chi connectivity index (χ0v) is 17.7. The number of hydrogen-bond acceptors (Lipinski definition) is 3. The van der Waals surface area contributed by atoms with Crippen molar-refractivity contribution in [2.45, 2.75) is 45.5 Å². The van der Waals surface area contributed by atoms with E-state index in [0.29, 0.717) is 16.6 Å². The summed E-state index contributed by atoms with van der Waals surface area (Å²) >= 11 is 18.6. The second-order valence-electron chi connectivity index (χ2n) is 6.49. The SMILES string of the molecule is CCC(C)Nc1cc(Cl)cc(COc2c(Cl)cc(CC(F)C(=O)O)cc2Cl)c1. The quantitative estimate of drug-likeness (QED) is 0.466. The summed E-state index contributed by atoms with van der Waals surface area (Å²) in [6, 6.07) is 8.74. The van der Waals surface area contributed by atoms with E-state index in [2.05, 4.69) is 19.2 Å². The molecule has 2 atom stereocenters. The predicted molar refractivity (Wildman–Crippen MR) is 112 cm³/mol. The van der Waals surface area contributed by atoms with Gasteiger partial charge in [-0.1, -0.05) is 41.7 Å². The van der Waals surface area contributed by atoms with Gasteiger partial charge in [-0.05, 0) is 54.8 Å². The average molecular weight is 449 g/mol. The van der Waals surface area contributed by atoms with Crippen molar-refractivity contribution in [3.63, 3.8) is 0 Å². The van der Waals surface area contributed by atoms with Crippen LogP contribution in [0.5, 0.6) is 5.75 Å². The molecule has 2 unspecified atom stereocenters.